The quantitative estimate of drug-likeness (QED) is 0.675. The Bertz CT molecular complexity index is 966. The molecular formula is C23H24N2O4S. The molecule has 1 aliphatic rings. The summed E-state index contributed by atoms with van der Waals surface area (Å²) in [7, 11) is 1.59. The van der Waals surface area contributed by atoms with E-state index in [4.69, 9.17) is 4.74 Å². The van der Waals surface area contributed by atoms with Gasteiger partial charge in [0.05, 0.1) is 12.0 Å². The largest absolute Gasteiger partial charge is 0.497 e. The lowest BCUT2D eigenvalue weighted by Gasteiger charge is -2.12. The molecule has 1 N–H and O–H groups in total. The molecule has 0 aromatic heterocycles. The minimum Gasteiger partial charge on any atom is -0.497 e. The molecule has 2 aromatic rings. The number of methoxy groups -OCH3 is 1. The summed E-state index contributed by atoms with van der Waals surface area (Å²) >= 11 is 0.852. The average Bonchev–Trinajstić information content (AvgIpc) is 3.00. The first-order valence-electron chi connectivity index (χ1n) is 9.62. The van der Waals surface area contributed by atoms with Crippen LogP contribution in [0.1, 0.15) is 36.5 Å². The van der Waals surface area contributed by atoms with Gasteiger partial charge in [0.2, 0.25) is 5.91 Å². The highest BCUT2D eigenvalue weighted by Gasteiger charge is 2.36. The van der Waals surface area contributed by atoms with Crippen LogP contribution < -0.4 is 10.1 Å². The van der Waals surface area contributed by atoms with Gasteiger partial charge in [-0.05, 0) is 52.6 Å². The van der Waals surface area contributed by atoms with E-state index < -0.39 is 17.1 Å². The summed E-state index contributed by atoms with van der Waals surface area (Å²) in [6.45, 7) is 4.22. The highest BCUT2D eigenvalue weighted by molar-refractivity contribution is 8.18. The van der Waals surface area contributed by atoms with Gasteiger partial charge in [0.25, 0.3) is 11.1 Å². The number of thioether (sulfide) groups is 1. The molecule has 2 aromatic carbocycles. The highest BCUT2D eigenvalue weighted by Crippen LogP contribution is 2.32. The van der Waals surface area contributed by atoms with Gasteiger partial charge in [0.15, 0.2) is 0 Å². The molecule has 1 aliphatic heterocycles. The number of carbonyl (C=O) groups is 3. The van der Waals surface area contributed by atoms with Crippen LogP contribution in [-0.4, -0.2) is 35.6 Å². The number of hydrogen-bond donors (Lipinski definition) is 1. The fraction of sp³-hybridized carbons (Fsp3) is 0.261. The lowest BCUT2D eigenvalue weighted by atomic mass is 10.0. The monoisotopic (exact) mass is 424 g/mol. The van der Waals surface area contributed by atoms with Gasteiger partial charge in [-0.1, -0.05) is 50.2 Å². The van der Waals surface area contributed by atoms with Gasteiger partial charge in [-0.3, -0.25) is 19.3 Å². The Morgan fingerprint density at radius 2 is 1.77 bits per heavy atom. The minimum absolute atomic E-state index is 0.301. The van der Waals surface area contributed by atoms with Gasteiger partial charge in [-0.25, -0.2) is 0 Å². The fourth-order valence-electron chi connectivity index (χ4n) is 2.91. The van der Waals surface area contributed by atoms with E-state index in [0.717, 1.165) is 33.5 Å². The maximum atomic E-state index is 12.6. The molecule has 7 heteroatoms. The maximum Gasteiger partial charge on any atom is 0.294 e. The van der Waals surface area contributed by atoms with Crippen molar-refractivity contribution in [2.75, 3.05) is 13.7 Å². The zero-order valence-electron chi connectivity index (χ0n) is 17.2. The second-order valence-corrected chi connectivity index (χ2v) is 8.21. The lowest BCUT2D eigenvalue weighted by molar-refractivity contribution is -0.129. The Morgan fingerprint density at radius 3 is 2.37 bits per heavy atom. The Kier molecular flexibility index (Phi) is 6.95. The first-order valence-corrected chi connectivity index (χ1v) is 10.4. The van der Waals surface area contributed by atoms with Crippen LogP contribution >= 0.6 is 11.8 Å². The van der Waals surface area contributed by atoms with Crippen molar-refractivity contribution in [1.29, 1.82) is 0 Å². The molecule has 1 fully saturated rings. The fourth-order valence-corrected chi connectivity index (χ4v) is 3.75. The van der Waals surface area contributed by atoms with Crippen molar-refractivity contribution in [3.8, 4) is 5.75 Å². The topological polar surface area (TPSA) is 75.7 Å². The summed E-state index contributed by atoms with van der Waals surface area (Å²) < 4.78 is 5.10. The summed E-state index contributed by atoms with van der Waals surface area (Å²) in [4.78, 5) is 38.4. The zero-order valence-corrected chi connectivity index (χ0v) is 18.0. The van der Waals surface area contributed by atoms with E-state index in [1.54, 1.807) is 25.3 Å². The molecule has 0 unspecified atom stereocenters. The van der Waals surface area contributed by atoms with Crippen LogP contribution in [-0.2, 0) is 16.1 Å². The number of nitrogens with one attached hydrogen (secondary N) is 1. The van der Waals surface area contributed by atoms with Gasteiger partial charge >= 0.3 is 0 Å². The summed E-state index contributed by atoms with van der Waals surface area (Å²) in [6.07, 6.45) is 1.68. The number of benzene rings is 2. The van der Waals surface area contributed by atoms with Crippen molar-refractivity contribution in [3.63, 3.8) is 0 Å². The van der Waals surface area contributed by atoms with E-state index in [9.17, 15) is 14.4 Å². The van der Waals surface area contributed by atoms with E-state index in [1.807, 2.05) is 36.4 Å². The molecule has 1 saturated heterocycles. The molecule has 0 spiro atoms. The second kappa shape index (κ2) is 9.63. The minimum atomic E-state index is -0.447. The number of carbonyl (C=O) groups excluding carboxylic acids is 3. The lowest BCUT2D eigenvalue weighted by Crippen LogP contribution is -2.39. The van der Waals surface area contributed by atoms with Gasteiger partial charge in [0, 0.05) is 6.54 Å². The molecule has 3 rings (SSSR count). The summed E-state index contributed by atoms with van der Waals surface area (Å²) in [5, 5.41) is 2.29. The van der Waals surface area contributed by atoms with Gasteiger partial charge in [-0.15, -0.1) is 0 Å². The van der Waals surface area contributed by atoms with Gasteiger partial charge < -0.3 is 10.1 Å². The third-order valence-electron chi connectivity index (χ3n) is 4.72. The van der Waals surface area contributed by atoms with E-state index >= 15 is 0 Å². The highest BCUT2D eigenvalue weighted by atomic mass is 32.2. The first-order chi connectivity index (χ1) is 14.4. The van der Waals surface area contributed by atoms with Crippen molar-refractivity contribution >= 4 is 34.9 Å². The number of nitrogens with zero attached hydrogens (tertiary/aromatic N) is 1. The molecule has 156 valence electrons. The van der Waals surface area contributed by atoms with Crippen LogP contribution in [0.5, 0.6) is 5.75 Å². The molecular weight excluding hydrogens is 400 g/mol. The SMILES string of the molecule is COc1ccc(CNC(=O)CN2C(=O)S/C(=C\c3ccc(C(C)C)cc3)C2=O)cc1. The van der Waals surface area contributed by atoms with E-state index in [0.29, 0.717) is 17.4 Å². The number of ether oxygens (including phenoxy) is 1. The second-order valence-electron chi connectivity index (χ2n) is 7.21. The van der Waals surface area contributed by atoms with Crippen LogP contribution in [0.3, 0.4) is 0 Å². The standard InChI is InChI=1S/C23H24N2O4S/c1-15(2)18-8-4-16(5-9-18)12-20-22(27)25(23(28)30-20)14-21(26)24-13-17-6-10-19(29-3)11-7-17/h4-12,15H,13-14H2,1-3H3,(H,24,26)/b20-12-. The zero-order chi connectivity index (χ0) is 21.7. The molecule has 0 saturated carbocycles. The van der Waals surface area contributed by atoms with Crippen molar-refractivity contribution in [2.45, 2.75) is 26.3 Å². The number of imide groups is 1. The number of amides is 3. The Hall–Kier alpha value is -3.06. The van der Waals surface area contributed by atoms with Gasteiger partial charge in [0.1, 0.15) is 12.3 Å². The summed E-state index contributed by atoms with van der Waals surface area (Å²) in [5.41, 5.74) is 2.94. The number of hydrogen-bond acceptors (Lipinski definition) is 5. The number of rotatable bonds is 7. The smallest absolute Gasteiger partial charge is 0.294 e. The first kappa shape index (κ1) is 21.6. The maximum absolute atomic E-state index is 12.6. The molecule has 0 aliphatic carbocycles. The Labute approximate surface area is 180 Å². The normalized spacial score (nSPS) is 15.2. The molecule has 6 nitrogen and oxygen atoms in total. The van der Waals surface area contributed by atoms with Crippen LogP contribution in [0.15, 0.2) is 53.4 Å². The van der Waals surface area contributed by atoms with Crippen molar-refractivity contribution < 1.29 is 19.1 Å². The predicted molar refractivity (Wildman–Crippen MR) is 118 cm³/mol. The molecule has 0 radical (unpaired) electrons. The Morgan fingerprint density at radius 1 is 1.10 bits per heavy atom. The van der Waals surface area contributed by atoms with Crippen LogP contribution in [0.25, 0.3) is 6.08 Å². The molecule has 3 amide bonds. The van der Waals surface area contributed by atoms with E-state index in [1.165, 1.54) is 5.56 Å². The average molecular weight is 425 g/mol. The Balaban J connectivity index is 1.59. The van der Waals surface area contributed by atoms with Crippen LogP contribution in [0, 0.1) is 0 Å². The van der Waals surface area contributed by atoms with E-state index in [2.05, 4.69) is 19.2 Å². The molecule has 0 atom stereocenters. The third kappa shape index (κ3) is 5.30. The predicted octanol–water partition coefficient (Wildman–Crippen LogP) is 4.17. The van der Waals surface area contributed by atoms with Crippen LogP contribution in [0.4, 0.5) is 4.79 Å². The van der Waals surface area contributed by atoms with Crippen LogP contribution in [0.2, 0.25) is 0 Å². The van der Waals surface area contributed by atoms with Gasteiger partial charge in [-0.2, -0.15) is 0 Å². The molecule has 0 bridgehead atoms. The molecule has 30 heavy (non-hydrogen) atoms. The third-order valence-corrected chi connectivity index (χ3v) is 5.63. The summed E-state index contributed by atoms with van der Waals surface area (Å²) in [6, 6.07) is 15.1. The van der Waals surface area contributed by atoms with Crippen molar-refractivity contribution in [2.24, 2.45) is 0 Å². The summed E-state index contributed by atoms with van der Waals surface area (Å²) in [5.74, 6) is 0.310. The van der Waals surface area contributed by atoms with Crippen molar-refractivity contribution in [1.82, 2.24) is 10.2 Å². The van der Waals surface area contributed by atoms with E-state index in [-0.39, 0.29) is 6.54 Å². The molecule has 1 heterocycles. The van der Waals surface area contributed by atoms with Crippen molar-refractivity contribution in [3.05, 3.63) is 70.1 Å².